The molecule has 0 fully saturated rings. The lowest BCUT2D eigenvalue weighted by molar-refractivity contribution is -0.117. The van der Waals surface area contributed by atoms with Gasteiger partial charge in [-0.05, 0) is 42.8 Å². The third kappa shape index (κ3) is 3.65. The number of aromatic amines is 1. The van der Waals surface area contributed by atoms with E-state index in [1.54, 1.807) is 36.4 Å². The molecule has 1 aliphatic rings. The van der Waals surface area contributed by atoms with Gasteiger partial charge >= 0.3 is 0 Å². The molecule has 28 heavy (non-hydrogen) atoms. The number of anilines is 1. The third-order valence-electron chi connectivity index (χ3n) is 5.09. The van der Waals surface area contributed by atoms with Crippen molar-refractivity contribution in [3.63, 3.8) is 0 Å². The Hall–Kier alpha value is -2.34. The number of aryl methyl sites for hydroxylation is 1. The van der Waals surface area contributed by atoms with Gasteiger partial charge in [0, 0.05) is 51.9 Å². The summed E-state index contributed by atoms with van der Waals surface area (Å²) in [7, 11) is 0. The Balaban J connectivity index is 1.54. The fourth-order valence-electron chi connectivity index (χ4n) is 3.62. The molecular weight excluding hydrogens is 397 g/mol. The van der Waals surface area contributed by atoms with Crippen LogP contribution >= 0.6 is 23.2 Å². The Morgan fingerprint density at radius 2 is 2.07 bits per heavy atom. The molecule has 1 aromatic heterocycles. The number of rotatable bonds is 3. The lowest BCUT2D eigenvalue weighted by atomic mass is 10.0. The van der Waals surface area contributed by atoms with Crippen molar-refractivity contribution in [1.82, 2.24) is 9.88 Å². The molecule has 0 bridgehead atoms. The van der Waals surface area contributed by atoms with Gasteiger partial charge in [-0.15, -0.1) is 0 Å². The average Bonchev–Trinajstić information content (AvgIpc) is 2.66. The van der Waals surface area contributed by atoms with Crippen molar-refractivity contribution >= 4 is 45.7 Å². The summed E-state index contributed by atoms with van der Waals surface area (Å²) in [6.07, 6.45) is 0.677. The third-order valence-corrected chi connectivity index (χ3v) is 5.74. The van der Waals surface area contributed by atoms with E-state index >= 15 is 0 Å². The van der Waals surface area contributed by atoms with Crippen LogP contribution in [0.15, 0.2) is 41.2 Å². The molecule has 1 amide bonds. The number of hydrogen-bond donors (Lipinski definition) is 2. The summed E-state index contributed by atoms with van der Waals surface area (Å²) in [6.45, 7) is 3.24. The number of fused-ring (bicyclic) bond motifs is 2. The highest BCUT2D eigenvalue weighted by atomic mass is 35.5. The van der Waals surface area contributed by atoms with E-state index in [0.29, 0.717) is 40.6 Å². The van der Waals surface area contributed by atoms with Crippen molar-refractivity contribution in [2.45, 2.75) is 19.9 Å². The van der Waals surface area contributed by atoms with Crippen molar-refractivity contribution in [1.29, 1.82) is 0 Å². The minimum Gasteiger partial charge on any atom is -0.358 e. The highest BCUT2D eigenvalue weighted by molar-refractivity contribution is 6.32. The predicted molar refractivity (Wildman–Crippen MR) is 113 cm³/mol. The summed E-state index contributed by atoms with van der Waals surface area (Å²) < 4.78 is 0. The number of pyridine rings is 1. The molecular formula is C21H19Cl2N3O2. The second kappa shape index (κ2) is 7.59. The number of benzene rings is 2. The number of hydrogen-bond acceptors (Lipinski definition) is 3. The Morgan fingerprint density at radius 3 is 2.86 bits per heavy atom. The highest BCUT2D eigenvalue weighted by Gasteiger charge is 2.23. The van der Waals surface area contributed by atoms with Gasteiger partial charge in [-0.3, -0.25) is 14.5 Å². The molecule has 0 saturated heterocycles. The van der Waals surface area contributed by atoms with Crippen LogP contribution in [0.2, 0.25) is 10.0 Å². The van der Waals surface area contributed by atoms with Crippen LogP contribution < -0.4 is 10.7 Å². The maximum Gasteiger partial charge on any atom is 0.238 e. The molecule has 7 heteroatoms. The van der Waals surface area contributed by atoms with Gasteiger partial charge in [0.2, 0.25) is 5.91 Å². The fraction of sp³-hybridized carbons (Fsp3) is 0.238. The normalized spacial score (nSPS) is 14.1. The van der Waals surface area contributed by atoms with Crippen molar-refractivity contribution < 1.29 is 4.79 Å². The van der Waals surface area contributed by atoms with Gasteiger partial charge in [0.05, 0.1) is 12.1 Å². The summed E-state index contributed by atoms with van der Waals surface area (Å²) in [5.74, 6) is -0.134. The van der Waals surface area contributed by atoms with Crippen LogP contribution in [-0.4, -0.2) is 28.9 Å². The number of H-pyrrole nitrogens is 1. The number of nitrogens with one attached hydrogen (secondary N) is 2. The molecule has 2 heterocycles. The first-order valence-corrected chi connectivity index (χ1v) is 9.78. The maximum atomic E-state index is 13.0. The molecule has 2 N–H and O–H groups in total. The number of amides is 1. The molecule has 0 saturated carbocycles. The summed E-state index contributed by atoms with van der Waals surface area (Å²) >= 11 is 12.2. The molecule has 2 aromatic carbocycles. The van der Waals surface area contributed by atoms with Crippen LogP contribution in [-0.2, 0) is 17.8 Å². The molecule has 3 aromatic rings. The first kappa shape index (κ1) is 19.0. The summed E-state index contributed by atoms with van der Waals surface area (Å²) in [6, 6.07) is 10.5. The molecule has 5 nitrogen and oxygen atoms in total. The Bertz CT molecular complexity index is 1140. The van der Waals surface area contributed by atoms with E-state index in [-0.39, 0.29) is 17.9 Å². The molecule has 0 radical (unpaired) electrons. The smallest absolute Gasteiger partial charge is 0.238 e. The second-order valence-corrected chi connectivity index (χ2v) is 7.87. The Labute approximate surface area is 172 Å². The average molecular weight is 416 g/mol. The second-order valence-electron chi connectivity index (χ2n) is 7.03. The van der Waals surface area contributed by atoms with E-state index in [2.05, 4.69) is 10.3 Å². The van der Waals surface area contributed by atoms with Crippen molar-refractivity contribution in [3.05, 3.63) is 73.5 Å². The van der Waals surface area contributed by atoms with Gasteiger partial charge in [0.15, 0.2) is 5.43 Å². The van der Waals surface area contributed by atoms with Crippen LogP contribution in [0, 0.1) is 6.92 Å². The van der Waals surface area contributed by atoms with E-state index in [4.69, 9.17) is 23.2 Å². The number of nitrogens with zero attached hydrogens (tertiary/aromatic N) is 1. The molecule has 1 aliphatic heterocycles. The van der Waals surface area contributed by atoms with E-state index in [0.717, 1.165) is 22.3 Å². The largest absolute Gasteiger partial charge is 0.358 e. The van der Waals surface area contributed by atoms with E-state index in [1.165, 1.54) is 0 Å². The molecule has 144 valence electrons. The maximum absolute atomic E-state index is 13.0. The zero-order valence-corrected chi connectivity index (χ0v) is 16.8. The fourth-order valence-corrected chi connectivity index (χ4v) is 3.97. The van der Waals surface area contributed by atoms with Crippen molar-refractivity contribution in [2.75, 3.05) is 18.4 Å². The minimum absolute atomic E-state index is 0.00321. The van der Waals surface area contributed by atoms with Crippen LogP contribution in [0.4, 0.5) is 5.69 Å². The van der Waals surface area contributed by atoms with Crippen LogP contribution in [0.5, 0.6) is 0 Å². The van der Waals surface area contributed by atoms with E-state index < -0.39 is 0 Å². The first-order chi connectivity index (χ1) is 13.4. The number of halogens is 2. The van der Waals surface area contributed by atoms with Gasteiger partial charge in [0.1, 0.15) is 0 Å². The Kier molecular flexibility index (Phi) is 5.15. The lowest BCUT2D eigenvalue weighted by Gasteiger charge is -2.28. The summed E-state index contributed by atoms with van der Waals surface area (Å²) in [5, 5.41) is 4.68. The lowest BCUT2D eigenvalue weighted by Crippen LogP contribution is -2.39. The van der Waals surface area contributed by atoms with Gasteiger partial charge in [-0.1, -0.05) is 29.3 Å². The topological polar surface area (TPSA) is 65.2 Å². The van der Waals surface area contributed by atoms with Gasteiger partial charge < -0.3 is 10.3 Å². The molecule has 0 aliphatic carbocycles. The van der Waals surface area contributed by atoms with Crippen LogP contribution in [0.3, 0.4) is 0 Å². The molecule has 0 unspecified atom stereocenters. The van der Waals surface area contributed by atoms with E-state index in [9.17, 15) is 9.59 Å². The molecule has 4 rings (SSSR count). The minimum atomic E-state index is -0.134. The molecule has 0 spiro atoms. The van der Waals surface area contributed by atoms with Crippen LogP contribution in [0.25, 0.3) is 10.9 Å². The van der Waals surface area contributed by atoms with Gasteiger partial charge in [-0.2, -0.15) is 0 Å². The quantitative estimate of drug-likeness (QED) is 0.675. The number of carbonyl (C=O) groups is 1. The Morgan fingerprint density at radius 1 is 1.25 bits per heavy atom. The van der Waals surface area contributed by atoms with Crippen molar-refractivity contribution in [2.24, 2.45) is 0 Å². The standard InChI is InChI=1S/C21H19Cl2N3O2/c1-12-17(23)6-5-15-20(12)25-18-7-8-26(10-16(18)21(15)28)11-19(27)24-14-4-2-3-13(22)9-14/h2-6,9H,7-8,10-11H2,1H3,(H,24,27)(H,25,28). The van der Waals surface area contributed by atoms with Crippen LogP contribution in [0.1, 0.15) is 16.8 Å². The zero-order chi connectivity index (χ0) is 19.8. The molecule has 0 atom stereocenters. The zero-order valence-electron chi connectivity index (χ0n) is 15.3. The summed E-state index contributed by atoms with van der Waals surface area (Å²) in [5.41, 5.74) is 3.98. The predicted octanol–water partition coefficient (Wildman–Crippen LogP) is 4.14. The number of aromatic nitrogens is 1. The SMILES string of the molecule is Cc1c(Cl)ccc2c(=O)c3c([nH]c12)CCN(CC(=O)Nc1cccc(Cl)c1)C3. The highest BCUT2D eigenvalue weighted by Crippen LogP contribution is 2.25. The van der Waals surface area contributed by atoms with E-state index in [1.807, 2.05) is 11.8 Å². The van der Waals surface area contributed by atoms with Crippen molar-refractivity contribution in [3.8, 4) is 0 Å². The van der Waals surface area contributed by atoms with Gasteiger partial charge in [0.25, 0.3) is 0 Å². The summed E-state index contributed by atoms with van der Waals surface area (Å²) in [4.78, 5) is 30.7. The van der Waals surface area contributed by atoms with Gasteiger partial charge in [-0.25, -0.2) is 0 Å². The first-order valence-electron chi connectivity index (χ1n) is 9.03. The monoisotopic (exact) mass is 415 g/mol. The number of carbonyl (C=O) groups excluding carboxylic acids is 1.